The van der Waals surface area contributed by atoms with Gasteiger partial charge in [-0.1, -0.05) is 12.1 Å². The normalized spacial score (nSPS) is 11.0. The van der Waals surface area contributed by atoms with Crippen LogP contribution in [0.25, 0.3) is 0 Å². The molecule has 0 radical (unpaired) electrons. The molecule has 0 unspecified atom stereocenters. The van der Waals surface area contributed by atoms with Gasteiger partial charge < -0.3 is 10.2 Å². The van der Waals surface area contributed by atoms with Crippen LogP contribution in [0.5, 0.6) is 0 Å². The zero-order valence-electron chi connectivity index (χ0n) is 15.8. The molecule has 7 nitrogen and oxygen atoms in total. The Bertz CT molecular complexity index is 938. The van der Waals surface area contributed by atoms with Gasteiger partial charge in [0.2, 0.25) is 15.9 Å². The van der Waals surface area contributed by atoms with E-state index in [0.717, 1.165) is 16.2 Å². The molecule has 2 aromatic carbocycles. The molecule has 0 bridgehead atoms. The van der Waals surface area contributed by atoms with Crippen molar-refractivity contribution >= 4 is 38.8 Å². The number of amides is 1. The number of anilines is 3. The maximum Gasteiger partial charge on any atom is 0.245 e. The fourth-order valence-electron chi connectivity index (χ4n) is 2.46. The molecule has 1 N–H and O–H groups in total. The van der Waals surface area contributed by atoms with Crippen molar-refractivity contribution in [3.63, 3.8) is 0 Å². The fraction of sp³-hybridized carbons (Fsp3) is 0.263. The van der Waals surface area contributed by atoms with Crippen LogP contribution in [-0.2, 0) is 14.8 Å². The Kier molecular flexibility index (Phi) is 6.22. The molecule has 0 aromatic heterocycles. The van der Waals surface area contributed by atoms with Gasteiger partial charge >= 0.3 is 0 Å². The monoisotopic (exact) mass is 389 g/mol. The number of carbonyl (C=O) groups is 2. The van der Waals surface area contributed by atoms with Crippen LogP contribution >= 0.6 is 0 Å². The van der Waals surface area contributed by atoms with Gasteiger partial charge in [-0.2, -0.15) is 0 Å². The molecule has 0 aliphatic carbocycles. The van der Waals surface area contributed by atoms with Crippen molar-refractivity contribution in [2.75, 3.05) is 41.4 Å². The zero-order chi connectivity index (χ0) is 20.2. The van der Waals surface area contributed by atoms with Crippen molar-refractivity contribution in [2.45, 2.75) is 6.92 Å². The lowest BCUT2D eigenvalue weighted by Crippen LogP contribution is -2.37. The second-order valence-electron chi connectivity index (χ2n) is 6.37. The minimum Gasteiger partial charge on any atom is -0.378 e. The number of hydrogen-bond donors (Lipinski definition) is 1. The number of Topliss-reactive ketones (excluding diaryl/α,β-unsaturated/α-hetero) is 1. The third-order valence-corrected chi connectivity index (χ3v) is 5.04. The van der Waals surface area contributed by atoms with Crippen molar-refractivity contribution < 1.29 is 18.0 Å². The maximum absolute atomic E-state index is 12.4. The predicted molar refractivity (Wildman–Crippen MR) is 108 cm³/mol. The quantitative estimate of drug-likeness (QED) is 0.735. The third-order valence-electron chi connectivity index (χ3n) is 3.89. The topological polar surface area (TPSA) is 86.8 Å². The largest absolute Gasteiger partial charge is 0.378 e. The summed E-state index contributed by atoms with van der Waals surface area (Å²) in [5.74, 6) is -0.623. The first-order chi connectivity index (χ1) is 12.6. The maximum atomic E-state index is 12.4. The van der Waals surface area contributed by atoms with E-state index in [-0.39, 0.29) is 12.3 Å². The minimum atomic E-state index is -3.66. The summed E-state index contributed by atoms with van der Waals surface area (Å²) in [7, 11) is 0.107. The Morgan fingerprint density at radius 2 is 1.59 bits per heavy atom. The molecule has 0 spiro atoms. The summed E-state index contributed by atoms with van der Waals surface area (Å²) in [4.78, 5) is 25.7. The van der Waals surface area contributed by atoms with Gasteiger partial charge in [0.05, 0.1) is 11.9 Å². The van der Waals surface area contributed by atoms with Crippen LogP contribution in [0.4, 0.5) is 17.1 Å². The fourth-order valence-corrected chi connectivity index (χ4v) is 3.32. The van der Waals surface area contributed by atoms with Crippen LogP contribution in [0.3, 0.4) is 0 Å². The van der Waals surface area contributed by atoms with E-state index in [2.05, 4.69) is 5.32 Å². The summed E-state index contributed by atoms with van der Waals surface area (Å²) < 4.78 is 25.4. The first-order valence-electron chi connectivity index (χ1n) is 8.24. The molecule has 27 heavy (non-hydrogen) atoms. The predicted octanol–water partition coefficient (Wildman–Crippen LogP) is 2.36. The van der Waals surface area contributed by atoms with Gasteiger partial charge in [-0.25, -0.2) is 8.42 Å². The average molecular weight is 389 g/mol. The van der Waals surface area contributed by atoms with Gasteiger partial charge in [0.15, 0.2) is 5.78 Å². The van der Waals surface area contributed by atoms with Gasteiger partial charge in [0.25, 0.3) is 0 Å². The lowest BCUT2D eigenvalue weighted by atomic mass is 10.1. The first-order valence-corrected chi connectivity index (χ1v) is 10.1. The molecule has 2 aromatic rings. The van der Waals surface area contributed by atoms with E-state index in [9.17, 15) is 18.0 Å². The first kappa shape index (κ1) is 20.4. The van der Waals surface area contributed by atoms with Gasteiger partial charge in [0.1, 0.15) is 6.54 Å². The van der Waals surface area contributed by atoms with E-state index in [0.29, 0.717) is 16.9 Å². The lowest BCUT2D eigenvalue weighted by Gasteiger charge is -2.23. The molecule has 1 amide bonds. The van der Waals surface area contributed by atoms with Gasteiger partial charge in [-0.05, 0) is 43.3 Å². The summed E-state index contributed by atoms with van der Waals surface area (Å²) in [6.07, 6.45) is 1.05. The van der Waals surface area contributed by atoms with Crippen LogP contribution in [0.1, 0.15) is 17.3 Å². The molecule has 0 aliphatic heterocycles. The Morgan fingerprint density at radius 3 is 2.11 bits per heavy atom. The van der Waals surface area contributed by atoms with Crippen LogP contribution in [-0.4, -0.2) is 47.0 Å². The smallest absolute Gasteiger partial charge is 0.245 e. The van der Waals surface area contributed by atoms with E-state index < -0.39 is 15.9 Å². The van der Waals surface area contributed by atoms with Gasteiger partial charge in [-0.15, -0.1) is 0 Å². The number of rotatable bonds is 7. The molecule has 0 saturated heterocycles. The molecule has 0 saturated carbocycles. The number of nitrogens with one attached hydrogen (secondary N) is 1. The van der Waals surface area contributed by atoms with Crippen LogP contribution in [0, 0.1) is 0 Å². The highest BCUT2D eigenvalue weighted by Crippen LogP contribution is 2.22. The molecule has 0 fully saturated rings. The van der Waals surface area contributed by atoms with E-state index in [4.69, 9.17) is 0 Å². The number of hydrogen-bond acceptors (Lipinski definition) is 5. The molecule has 0 aliphatic rings. The molecule has 0 heterocycles. The highest BCUT2D eigenvalue weighted by molar-refractivity contribution is 7.92. The second-order valence-corrected chi connectivity index (χ2v) is 8.27. The van der Waals surface area contributed by atoms with Crippen molar-refractivity contribution in [3.05, 3.63) is 54.1 Å². The molecular formula is C19H23N3O4S. The number of nitrogens with zero attached hydrogens (tertiary/aromatic N) is 2. The third kappa shape index (κ3) is 5.55. The molecule has 2 rings (SSSR count). The Hall–Kier alpha value is -2.87. The average Bonchev–Trinajstić information content (AvgIpc) is 2.59. The summed E-state index contributed by atoms with van der Waals surface area (Å²) in [6.45, 7) is 1.06. The number of sulfonamides is 1. The van der Waals surface area contributed by atoms with Crippen molar-refractivity contribution in [1.29, 1.82) is 0 Å². The standard InChI is InChI=1S/C19H23N3O4S/c1-14(23)15-6-5-7-16(12-15)20-19(24)13-22(27(4,25)26)18-10-8-17(9-11-18)21(2)3/h5-12H,13H2,1-4H3,(H,20,24). The molecular weight excluding hydrogens is 366 g/mol. The van der Waals surface area contributed by atoms with Crippen molar-refractivity contribution in [1.82, 2.24) is 0 Å². The van der Waals surface area contributed by atoms with E-state index >= 15 is 0 Å². The van der Waals surface area contributed by atoms with Crippen molar-refractivity contribution in [3.8, 4) is 0 Å². The Labute approximate surface area is 159 Å². The van der Waals surface area contributed by atoms with E-state index in [1.807, 2.05) is 19.0 Å². The summed E-state index contributed by atoms with van der Waals surface area (Å²) >= 11 is 0. The molecule has 144 valence electrons. The van der Waals surface area contributed by atoms with Gasteiger partial charge in [-0.3, -0.25) is 13.9 Å². The van der Waals surface area contributed by atoms with Crippen LogP contribution < -0.4 is 14.5 Å². The highest BCUT2D eigenvalue weighted by Gasteiger charge is 2.21. The summed E-state index contributed by atoms with van der Waals surface area (Å²) in [5, 5.41) is 2.63. The second kappa shape index (κ2) is 8.22. The van der Waals surface area contributed by atoms with Crippen molar-refractivity contribution in [2.24, 2.45) is 0 Å². The van der Waals surface area contributed by atoms with Crippen LogP contribution in [0.15, 0.2) is 48.5 Å². The van der Waals surface area contributed by atoms with E-state index in [1.165, 1.54) is 6.92 Å². The molecule has 8 heteroatoms. The minimum absolute atomic E-state index is 0.121. The lowest BCUT2D eigenvalue weighted by molar-refractivity contribution is -0.114. The Balaban J connectivity index is 2.20. The SMILES string of the molecule is CC(=O)c1cccc(NC(=O)CN(c2ccc(N(C)C)cc2)S(C)(=O)=O)c1. The number of benzene rings is 2. The number of carbonyl (C=O) groups excluding carboxylic acids is 2. The summed E-state index contributed by atoms with van der Waals surface area (Å²) in [6, 6.07) is 13.4. The number of ketones is 1. The zero-order valence-corrected chi connectivity index (χ0v) is 16.6. The summed E-state index contributed by atoms with van der Waals surface area (Å²) in [5.41, 5.74) is 2.21. The highest BCUT2D eigenvalue weighted by atomic mass is 32.2. The van der Waals surface area contributed by atoms with Crippen LogP contribution in [0.2, 0.25) is 0 Å². The molecule has 0 atom stereocenters. The van der Waals surface area contributed by atoms with Gasteiger partial charge in [0, 0.05) is 31.0 Å². The Morgan fingerprint density at radius 1 is 1.00 bits per heavy atom. The van der Waals surface area contributed by atoms with E-state index in [1.54, 1.807) is 48.5 Å².